The molecule has 3 N–H and O–H groups in total. The number of allylic oxidation sites excluding steroid dienone is 1. The van der Waals surface area contributed by atoms with Gasteiger partial charge in [-0.15, -0.1) is 11.3 Å². The van der Waals surface area contributed by atoms with E-state index in [2.05, 4.69) is 4.72 Å². The number of hydrogen-bond acceptors (Lipinski definition) is 6. The first-order valence-corrected chi connectivity index (χ1v) is 9.47. The number of thiophene rings is 1. The van der Waals surface area contributed by atoms with Crippen LogP contribution in [0.25, 0.3) is 6.08 Å². The number of ether oxygens (including phenoxy) is 1. The molecule has 0 unspecified atom stereocenters. The van der Waals surface area contributed by atoms with Crippen molar-refractivity contribution in [2.45, 2.75) is 21.3 Å². The minimum Gasteiger partial charge on any atom is -0.385 e. The Morgan fingerprint density at radius 3 is 2.75 bits per heavy atom. The molecule has 1 aliphatic rings. The maximum Gasteiger partial charge on any atom is 0.271 e. The molecule has 0 bridgehead atoms. The summed E-state index contributed by atoms with van der Waals surface area (Å²) in [5, 5.41) is 5.02. The molecule has 112 valence electrons. The molecule has 0 radical (unpaired) electrons. The van der Waals surface area contributed by atoms with Gasteiger partial charge in [0.25, 0.3) is 10.0 Å². The van der Waals surface area contributed by atoms with Crippen molar-refractivity contribution in [3.05, 3.63) is 17.3 Å². The van der Waals surface area contributed by atoms with E-state index in [1.165, 1.54) is 6.07 Å². The van der Waals surface area contributed by atoms with Crippen molar-refractivity contribution in [1.29, 1.82) is 0 Å². The van der Waals surface area contributed by atoms with Gasteiger partial charge in [-0.3, -0.25) is 4.72 Å². The molecule has 0 saturated carbocycles. The Labute approximate surface area is 121 Å². The Morgan fingerprint density at radius 1 is 1.45 bits per heavy atom. The van der Waals surface area contributed by atoms with Crippen molar-refractivity contribution < 1.29 is 21.6 Å². The van der Waals surface area contributed by atoms with Crippen molar-refractivity contribution in [3.8, 4) is 0 Å². The summed E-state index contributed by atoms with van der Waals surface area (Å²) in [6.45, 7) is 0.512. The number of sulfonamides is 2. The van der Waals surface area contributed by atoms with Crippen LogP contribution in [0.1, 0.15) is 18.4 Å². The summed E-state index contributed by atoms with van der Waals surface area (Å²) in [7, 11) is -6.07. The van der Waals surface area contributed by atoms with Gasteiger partial charge in [0.15, 0.2) is 0 Å². The third-order valence-electron chi connectivity index (χ3n) is 2.62. The predicted octanol–water partition coefficient (Wildman–Crippen LogP) is 0.455. The molecule has 0 amide bonds. The molecule has 0 fully saturated rings. The van der Waals surface area contributed by atoms with Crippen LogP contribution >= 0.6 is 11.3 Å². The number of methoxy groups -OCH3 is 1. The first kappa shape index (κ1) is 15.4. The number of nitrogens with two attached hydrogens (primary N) is 1. The zero-order chi connectivity index (χ0) is 15.0. The second kappa shape index (κ2) is 5.45. The van der Waals surface area contributed by atoms with Gasteiger partial charge in [-0.25, -0.2) is 22.0 Å². The highest BCUT2D eigenvalue weighted by Gasteiger charge is 2.28. The SMILES string of the molecule is COCCCC1=Cc2cc(S(N)(=O)=O)sc2S(=O)(=O)N1. The van der Waals surface area contributed by atoms with E-state index in [1.54, 1.807) is 13.2 Å². The average molecular weight is 338 g/mol. The predicted molar refractivity (Wildman–Crippen MR) is 75.1 cm³/mol. The Kier molecular flexibility index (Phi) is 4.21. The highest BCUT2D eigenvalue weighted by Crippen LogP contribution is 2.34. The lowest BCUT2D eigenvalue weighted by Gasteiger charge is -2.16. The standard InChI is InChI=1S/C10H14N2O5S3/c1-17-4-2-3-8-5-7-6-9(19(11,13)14)18-10(7)20(15,16)12-8/h5-6,12H,2-4H2,1H3,(H2,11,13,14). The Bertz CT molecular complexity index is 746. The van der Waals surface area contributed by atoms with Crippen LogP contribution in [-0.4, -0.2) is 30.6 Å². The van der Waals surface area contributed by atoms with Gasteiger partial charge in [0.1, 0.15) is 8.42 Å². The Balaban J connectivity index is 2.39. The lowest BCUT2D eigenvalue weighted by Crippen LogP contribution is -2.25. The fourth-order valence-corrected chi connectivity index (χ4v) is 5.41. The van der Waals surface area contributed by atoms with E-state index in [0.29, 0.717) is 42.0 Å². The van der Waals surface area contributed by atoms with Gasteiger partial charge < -0.3 is 4.74 Å². The van der Waals surface area contributed by atoms with Crippen LogP contribution in [-0.2, 0) is 24.8 Å². The van der Waals surface area contributed by atoms with Crippen LogP contribution in [0.5, 0.6) is 0 Å². The van der Waals surface area contributed by atoms with E-state index in [-0.39, 0.29) is 8.42 Å². The van der Waals surface area contributed by atoms with Gasteiger partial charge >= 0.3 is 0 Å². The van der Waals surface area contributed by atoms with Crippen molar-refractivity contribution in [3.63, 3.8) is 0 Å². The summed E-state index contributed by atoms with van der Waals surface area (Å²) in [6.07, 6.45) is 2.77. The summed E-state index contributed by atoms with van der Waals surface area (Å²) in [6, 6.07) is 1.28. The smallest absolute Gasteiger partial charge is 0.271 e. The second-order valence-corrected chi connectivity index (χ2v) is 8.94. The molecule has 0 aromatic carbocycles. The Hall–Kier alpha value is -0.940. The van der Waals surface area contributed by atoms with E-state index >= 15 is 0 Å². The monoisotopic (exact) mass is 338 g/mol. The number of rotatable bonds is 5. The first-order valence-electron chi connectivity index (χ1n) is 5.63. The molecular formula is C10H14N2O5S3. The quantitative estimate of drug-likeness (QED) is 0.757. The largest absolute Gasteiger partial charge is 0.385 e. The maximum absolute atomic E-state index is 12.0. The van der Waals surface area contributed by atoms with Gasteiger partial charge in [-0.1, -0.05) is 0 Å². The number of nitrogens with one attached hydrogen (secondary N) is 1. The van der Waals surface area contributed by atoms with Crippen LogP contribution in [0.4, 0.5) is 0 Å². The van der Waals surface area contributed by atoms with E-state index < -0.39 is 20.0 Å². The Morgan fingerprint density at radius 2 is 2.15 bits per heavy atom. The molecule has 1 aromatic heterocycles. The number of fused-ring (bicyclic) bond motifs is 1. The summed E-state index contributed by atoms with van der Waals surface area (Å²) in [4.78, 5) is 0. The summed E-state index contributed by atoms with van der Waals surface area (Å²) < 4.78 is 53.8. The van der Waals surface area contributed by atoms with Gasteiger partial charge in [-0.2, -0.15) is 0 Å². The van der Waals surface area contributed by atoms with Crippen molar-refractivity contribution >= 4 is 37.5 Å². The van der Waals surface area contributed by atoms with Crippen molar-refractivity contribution in [2.75, 3.05) is 13.7 Å². The average Bonchev–Trinajstić information content (AvgIpc) is 2.73. The molecular weight excluding hydrogens is 324 g/mol. The molecule has 0 atom stereocenters. The molecule has 7 nitrogen and oxygen atoms in total. The van der Waals surface area contributed by atoms with E-state index in [9.17, 15) is 16.8 Å². The highest BCUT2D eigenvalue weighted by molar-refractivity contribution is 7.94. The van der Waals surface area contributed by atoms with Gasteiger partial charge in [0, 0.05) is 25.0 Å². The summed E-state index contributed by atoms with van der Waals surface area (Å²) >= 11 is 0.647. The third kappa shape index (κ3) is 3.20. The van der Waals surface area contributed by atoms with Crippen molar-refractivity contribution in [1.82, 2.24) is 4.72 Å². The normalized spacial score (nSPS) is 17.2. The fourth-order valence-electron chi connectivity index (χ4n) is 1.78. The molecule has 0 spiro atoms. The zero-order valence-corrected chi connectivity index (χ0v) is 13.1. The molecule has 20 heavy (non-hydrogen) atoms. The molecule has 0 saturated heterocycles. The summed E-state index contributed by atoms with van der Waals surface area (Å²) in [5.41, 5.74) is 0.860. The molecule has 10 heteroatoms. The highest BCUT2D eigenvalue weighted by atomic mass is 32.3. The maximum atomic E-state index is 12.0. The molecule has 0 aliphatic carbocycles. The lowest BCUT2D eigenvalue weighted by molar-refractivity contribution is 0.195. The molecule has 1 aromatic rings. The van der Waals surface area contributed by atoms with Crippen LogP contribution < -0.4 is 9.86 Å². The number of primary sulfonamides is 1. The van der Waals surface area contributed by atoms with E-state index in [1.807, 2.05) is 0 Å². The van der Waals surface area contributed by atoms with Crippen LogP contribution in [0.3, 0.4) is 0 Å². The van der Waals surface area contributed by atoms with E-state index in [0.717, 1.165) is 0 Å². The van der Waals surface area contributed by atoms with Gasteiger partial charge in [0.2, 0.25) is 10.0 Å². The van der Waals surface area contributed by atoms with Crippen LogP contribution in [0.15, 0.2) is 20.2 Å². The fraction of sp³-hybridized carbons (Fsp3) is 0.400. The lowest BCUT2D eigenvalue weighted by atomic mass is 10.2. The minimum atomic E-state index is -3.91. The molecule has 2 heterocycles. The van der Waals surface area contributed by atoms with Crippen LogP contribution in [0, 0.1) is 0 Å². The first-order chi connectivity index (χ1) is 9.24. The second-order valence-electron chi connectivity index (χ2n) is 4.22. The number of hydrogen-bond donors (Lipinski definition) is 2. The topological polar surface area (TPSA) is 116 Å². The molecule has 1 aliphatic heterocycles. The van der Waals surface area contributed by atoms with Crippen molar-refractivity contribution in [2.24, 2.45) is 5.14 Å². The van der Waals surface area contributed by atoms with E-state index in [4.69, 9.17) is 9.88 Å². The van der Waals surface area contributed by atoms with Gasteiger partial charge in [0.05, 0.1) is 0 Å². The van der Waals surface area contributed by atoms with Crippen LogP contribution in [0.2, 0.25) is 0 Å². The van der Waals surface area contributed by atoms with Gasteiger partial charge in [-0.05, 0) is 25.0 Å². The third-order valence-corrected chi connectivity index (χ3v) is 7.15. The summed E-state index contributed by atoms with van der Waals surface area (Å²) in [5.74, 6) is 0. The minimum absolute atomic E-state index is 0.0305. The molecule has 2 rings (SSSR count). The zero-order valence-electron chi connectivity index (χ0n) is 10.6.